The van der Waals surface area contributed by atoms with E-state index in [1.165, 1.54) is 7.11 Å². The number of anilines is 1. The summed E-state index contributed by atoms with van der Waals surface area (Å²) in [6.07, 6.45) is -10.4. The SMILES string of the molecule is COc1ccc(CC(=O)N=C2S[C@H]3CS(=O)(=O)C[C@H]3N2c2cc(C(F)(F)F)cc(C(F)(F)F)c2)cc1. The van der Waals surface area contributed by atoms with Crippen LogP contribution in [0, 0.1) is 0 Å². The van der Waals surface area contributed by atoms with E-state index in [9.17, 15) is 39.6 Å². The summed E-state index contributed by atoms with van der Waals surface area (Å²) in [6.45, 7) is 0. The molecule has 0 bridgehead atoms. The number of thioether (sulfide) groups is 1. The molecule has 194 valence electrons. The summed E-state index contributed by atoms with van der Waals surface area (Å²) in [5.41, 5.74) is -3.08. The lowest BCUT2D eigenvalue weighted by atomic mass is 10.1. The number of amides is 1. The lowest BCUT2D eigenvalue weighted by Crippen LogP contribution is -2.38. The molecule has 2 aromatic carbocycles. The van der Waals surface area contributed by atoms with E-state index in [4.69, 9.17) is 4.74 Å². The van der Waals surface area contributed by atoms with Gasteiger partial charge in [-0.15, -0.1) is 0 Å². The van der Waals surface area contributed by atoms with E-state index in [1.807, 2.05) is 0 Å². The predicted octanol–water partition coefficient (Wildman–Crippen LogP) is 4.58. The van der Waals surface area contributed by atoms with Crippen LogP contribution in [0.15, 0.2) is 47.5 Å². The normalized spacial score (nSPS) is 22.6. The molecule has 0 saturated carbocycles. The number of halogens is 6. The molecular weight excluding hydrogens is 534 g/mol. The van der Waals surface area contributed by atoms with Crippen LogP contribution >= 0.6 is 11.8 Å². The molecule has 1 amide bonds. The number of ether oxygens (including phenoxy) is 1. The van der Waals surface area contributed by atoms with Gasteiger partial charge in [-0.05, 0) is 35.9 Å². The number of nitrogens with zero attached hydrogens (tertiary/aromatic N) is 2. The van der Waals surface area contributed by atoms with Gasteiger partial charge in [0.2, 0.25) is 0 Å². The fraction of sp³-hybridized carbons (Fsp3) is 0.364. The molecule has 2 aliphatic heterocycles. The van der Waals surface area contributed by atoms with Gasteiger partial charge in [-0.2, -0.15) is 31.3 Å². The fourth-order valence-electron chi connectivity index (χ4n) is 4.01. The van der Waals surface area contributed by atoms with Crippen molar-refractivity contribution in [1.29, 1.82) is 0 Å². The highest BCUT2D eigenvalue weighted by Gasteiger charge is 2.50. The van der Waals surface area contributed by atoms with Crippen LogP contribution in [0.3, 0.4) is 0 Å². The van der Waals surface area contributed by atoms with E-state index in [0.29, 0.717) is 23.4 Å². The lowest BCUT2D eigenvalue weighted by molar-refractivity contribution is -0.143. The van der Waals surface area contributed by atoms with Gasteiger partial charge in [0, 0.05) is 10.9 Å². The first-order valence-corrected chi connectivity index (χ1v) is 13.1. The summed E-state index contributed by atoms with van der Waals surface area (Å²) < 4.78 is 110. The van der Waals surface area contributed by atoms with Crippen LogP contribution in [0.5, 0.6) is 5.75 Å². The standard InChI is InChI=1S/C22H18F6N2O4S2/c1-34-16-4-2-12(3-5-16)6-19(31)29-20-30(17-10-36(32,33)11-18(17)35-20)15-8-13(21(23,24)25)7-14(9-15)22(26,27)28/h2-5,7-9,17-18H,6,10-11H2,1H3/t17-,18+/m1/s1. The molecular formula is C22H18F6N2O4S2. The molecule has 0 radical (unpaired) electrons. The number of hydrogen-bond acceptors (Lipinski definition) is 5. The number of carbonyl (C=O) groups is 1. The Balaban J connectivity index is 1.75. The molecule has 0 aromatic heterocycles. The predicted molar refractivity (Wildman–Crippen MR) is 122 cm³/mol. The molecule has 0 N–H and O–H groups in total. The van der Waals surface area contributed by atoms with Crippen molar-refractivity contribution >= 4 is 38.4 Å². The Hall–Kier alpha value is -2.74. The number of benzene rings is 2. The molecule has 2 atom stereocenters. The van der Waals surface area contributed by atoms with E-state index in [0.717, 1.165) is 16.7 Å². The molecule has 2 saturated heterocycles. The molecule has 2 aliphatic rings. The molecule has 36 heavy (non-hydrogen) atoms. The summed E-state index contributed by atoms with van der Waals surface area (Å²) in [7, 11) is -2.12. The number of alkyl halides is 6. The van der Waals surface area contributed by atoms with Gasteiger partial charge >= 0.3 is 12.4 Å². The van der Waals surface area contributed by atoms with Crippen LogP contribution in [0.1, 0.15) is 16.7 Å². The maximum absolute atomic E-state index is 13.4. The summed E-state index contributed by atoms with van der Waals surface area (Å²) in [5, 5.41) is -0.850. The number of rotatable bonds is 4. The quantitative estimate of drug-likeness (QED) is 0.518. The summed E-state index contributed by atoms with van der Waals surface area (Å²) in [5.74, 6) is -0.976. The minimum Gasteiger partial charge on any atom is -0.497 e. The van der Waals surface area contributed by atoms with Gasteiger partial charge in [-0.1, -0.05) is 23.9 Å². The van der Waals surface area contributed by atoms with E-state index in [2.05, 4.69) is 4.99 Å². The summed E-state index contributed by atoms with van der Waals surface area (Å²) in [4.78, 5) is 17.6. The van der Waals surface area contributed by atoms with Gasteiger partial charge in [-0.3, -0.25) is 4.79 Å². The van der Waals surface area contributed by atoms with Crippen molar-refractivity contribution in [2.45, 2.75) is 30.1 Å². The Kier molecular flexibility index (Phi) is 6.79. The Morgan fingerprint density at radius 2 is 1.61 bits per heavy atom. The van der Waals surface area contributed by atoms with E-state index < -0.39 is 62.0 Å². The minimum atomic E-state index is -5.09. The number of methoxy groups -OCH3 is 1. The Morgan fingerprint density at radius 3 is 2.14 bits per heavy atom. The van der Waals surface area contributed by atoms with Crippen molar-refractivity contribution < 1.29 is 44.3 Å². The molecule has 0 unspecified atom stereocenters. The van der Waals surface area contributed by atoms with Crippen LogP contribution in [-0.2, 0) is 33.4 Å². The van der Waals surface area contributed by atoms with Gasteiger partial charge in [0.1, 0.15) is 5.75 Å². The van der Waals surface area contributed by atoms with Crippen LogP contribution < -0.4 is 9.64 Å². The van der Waals surface area contributed by atoms with Crippen LogP contribution in [0.25, 0.3) is 0 Å². The van der Waals surface area contributed by atoms with E-state index in [1.54, 1.807) is 24.3 Å². The highest BCUT2D eigenvalue weighted by molar-refractivity contribution is 8.16. The molecule has 6 nitrogen and oxygen atoms in total. The van der Waals surface area contributed by atoms with Gasteiger partial charge in [0.25, 0.3) is 5.91 Å². The van der Waals surface area contributed by atoms with Crippen molar-refractivity contribution in [3.05, 3.63) is 59.2 Å². The topological polar surface area (TPSA) is 76.0 Å². The number of amidine groups is 1. The van der Waals surface area contributed by atoms with Crippen molar-refractivity contribution in [1.82, 2.24) is 0 Å². The third kappa shape index (κ3) is 5.64. The third-order valence-corrected chi connectivity index (χ3v) is 8.86. The summed E-state index contributed by atoms with van der Waals surface area (Å²) >= 11 is 0.852. The van der Waals surface area contributed by atoms with E-state index >= 15 is 0 Å². The Morgan fingerprint density at radius 1 is 1.03 bits per heavy atom. The van der Waals surface area contributed by atoms with Crippen LogP contribution in [0.4, 0.5) is 32.0 Å². The van der Waals surface area contributed by atoms with Crippen molar-refractivity contribution in [3.8, 4) is 5.75 Å². The Labute approximate surface area is 206 Å². The first-order chi connectivity index (χ1) is 16.7. The zero-order valence-electron chi connectivity index (χ0n) is 18.4. The first kappa shape index (κ1) is 26.3. The average Bonchev–Trinajstić information content (AvgIpc) is 3.23. The van der Waals surface area contributed by atoms with Gasteiger partial charge < -0.3 is 9.64 Å². The monoisotopic (exact) mass is 552 g/mol. The van der Waals surface area contributed by atoms with Crippen molar-refractivity contribution in [2.24, 2.45) is 4.99 Å². The van der Waals surface area contributed by atoms with Crippen molar-refractivity contribution in [2.75, 3.05) is 23.5 Å². The zero-order chi connectivity index (χ0) is 26.5. The maximum atomic E-state index is 13.4. The first-order valence-electron chi connectivity index (χ1n) is 10.4. The smallest absolute Gasteiger partial charge is 0.416 e. The Bertz CT molecular complexity index is 1280. The fourth-order valence-corrected chi connectivity index (χ4v) is 7.94. The average molecular weight is 553 g/mol. The van der Waals surface area contributed by atoms with E-state index in [-0.39, 0.29) is 23.4 Å². The molecule has 0 aliphatic carbocycles. The van der Waals surface area contributed by atoms with Gasteiger partial charge in [-0.25, -0.2) is 8.42 Å². The maximum Gasteiger partial charge on any atom is 0.416 e. The second-order valence-corrected chi connectivity index (χ2v) is 11.6. The number of fused-ring (bicyclic) bond motifs is 1. The number of carbonyl (C=O) groups excluding carboxylic acids is 1. The lowest BCUT2D eigenvalue weighted by Gasteiger charge is -2.26. The molecule has 0 spiro atoms. The summed E-state index contributed by atoms with van der Waals surface area (Å²) in [6, 6.07) is 6.48. The van der Waals surface area contributed by atoms with Gasteiger partial charge in [0.15, 0.2) is 15.0 Å². The number of hydrogen-bond donors (Lipinski definition) is 0. The zero-order valence-corrected chi connectivity index (χ0v) is 20.1. The second kappa shape index (κ2) is 9.29. The second-order valence-electron chi connectivity index (χ2n) is 8.25. The van der Waals surface area contributed by atoms with Crippen LogP contribution in [-0.4, -0.2) is 49.4 Å². The molecule has 4 rings (SSSR count). The molecule has 2 fully saturated rings. The molecule has 2 aromatic rings. The number of aliphatic imine (C=N–C) groups is 1. The van der Waals surface area contributed by atoms with Crippen molar-refractivity contribution in [3.63, 3.8) is 0 Å². The molecule has 2 heterocycles. The van der Waals surface area contributed by atoms with Gasteiger partial charge in [0.05, 0.1) is 42.2 Å². The third-order valence-electron chi connectivity index (χ3n) is 5.65. The minimum absolute atomic E-state index is 0.0127. The molecule has 14 heteroatoms. The number of sulfone groups is 1. The highest BCUT2D eigenvalue weighted by Crippen LogP contribution is 2.44. The largest absolute Gasteiger partial charge is 0.497 e. The highest BCUT2D eigenvalue weighted by atomic mass is 32.2. The van der Waals surface area contributed by atoms with Crippen LogP contribution in [0.2, 0.25) is 0 Å².